The van der Waals surface area contributed by atoms with Gasteiger partial charge < -0.3 is 21.5 Å². The first-order valence-corrected chi connectivity index (χ1v) is 10.8. The highest BCUT2D eigenvalue weighted by atomic mass is 35.5. The van der Waals surface area contributed by atoms with Crippen LogP contribution >= 0.6 is 11.6 Å². The minimum absolute atomic E-state index is 0.0883. The van der Waals surface area contributed by atoms with E-state index in [9.17, 15) is 22.4 Å². The van der Waals surface area contributed by atoms with Crippen molar-refractivity contribution in [3.05, 3.63) is 57.9 Å². The number of nitrogens with two attached hydrogens (primary N) is 2. The van der Waals surface area contributed by atoms with Crippen LogP contribution in [0.15, 0.2) is 30.3 Å². The quantitative estimate of drug-likeness (QED) is 0.268. The van der Waals surface area contributed by atoms with Gasteiger partial charge in [-0.1, -0.05) is 23.7 Å². The molecule has 166 valence electrons. The number of nitrogens with one attached hydrogen (secondary N) is 3. The fraction of sp³-hybridized carbons (Fsp3) is 0.167. The molecule has 0 fully saturated rings. The molecule has 0 aromatic heterocycles. The monoisotopic (exact) mass is 471 g/mol. The largest absolute Gasteiger partial charge is 0.483 e. The van der Waals surface area contributed by atoms with Crippen molar-refractivity contribution in [1.82, 2.24) is 5.32 Å². The summed E-state index contributed by atoms with van der Waals surface area (Å²) < 4.78 is 44.1. The zero-order valence-corrected chi connectivity index (χ0v) is 17.7. The minimum Gasteiger partial charge on any atom is -0.483 e. The number of ether oxygens (including phenoxy) is 1. The van der Waals surface area contributed by atoms with Crippen LogP contribution in [0.3, 0.4) is 0 Å². The molecule has 0 atom stereocenters. The lowest BCUT2D eigenvalue weighted by Gasteiger charge is -2.14. The average molecular weight is 472 g/mol. The summed E-state index contributed by atoms with van der Waals surface area (Å²) >= 11 is 5.77. The number of carbonyl (C=O) groups is 2. The number of rotatable bonds is 9. The smallest absolute Gasteiger partial charge is 0.255 e. The molecule has 0 saturated carbocycles. The molecule has 2 amide bonds. The zero-order chi connectivity index (χ0) is 23.3. The first-order chi connectivity index (χ1) is 14.4. The minimum atomic E-state index is -3.81. The predicted octanol–water partition coefficient (Wildman–Crippen LogP) is 0.929. The summed E-state index contributed by atoms with van der Waals surface area (Å²) in [4.78, 5) is 23.5. The van der Waals surface area contributed by atoms with Crippen LogP contribution in [0, 0.1) is 11.2 Å². The van der Waals surface area contributed by atoms with Crippen molar-refractivity contribution in [1.29, 1.82) is 5.41 Å². The summed E-state index contributed by atoms with van der Waals surface area (Å²) in [6.07, 6.45) is 0.825. The van der Waals surface area contributed by atoms with Gasteiger partial charge in [-0.15, -0.1) is 0 Å². The van der Waals surface area contributed by atoms with Gasteiger partial charge in [-0.2, -0.15) is 0 Å². The van der Waals surface area contributed by atoms with Crippen LogP contribution < -0.4 is 26.2 Å². The fourth-order valence-electron chi connectivity index (χ4n) is 2.42. The first-order valence-electron chi connectivity index (χ1n) is 8.51. The Labute approximate surface area is 182 Å². The van der Waals surface area contributed by atoms with Crippen LogP contribution in [0.25, 0.3) is 0 Å². The van der Waals surface area contributed by atoms with Gasteiger partial charge >= 0.3 is 0 Å². The van der Waals surface area contributed by atoms with E-state index in [2.05, 4.69) is 5.32 Å². The zero-order valence-electron chi connectivity index (χ0n) is 16.2. The van der Waals surface area contributed by atoms with Gasteiger partial charge in [0.15, 0.2) is 12.4 Å². The molecule has 0 unspecified atom stereocenters. The van der Waals surface area contributed by atoms with Gasteiger partial charge in [0.25, 0.3) is 11.8 Å². The van der Waals surface area contributed by atoms with Gasteiger partial charge in [0.1, 0.15) is 11.6 Å². The van der Waals surface area contributed by atoms with E-state index in [0.717, 1.165) is 18.4 Å². The van der Waals surface area contributed by atoms with Crippen molar-refractivity contribution in [3.63, 3.8) is 0 Å². The fourth-order valence-corrected chi connectivity index (χ4v) is 3.19. The van der Waals surface area contributed by atoms with E-state index in [1.54, 1.807) is 0 Å². The van der Waals surface area contributed by atoms with E-state index in [4.69, 9.17) is 33.2 Å². The molecular weight excluding hydrogens is 453 g/mol. The van der Waals surface area contributed by atoms with E-state index in [1.807, 2.05) is 4.72 Å². The van der Waals surface area contributed by atoms with Crippen LogP contribution in [0.5, 0.6) is 5.75 Å². The second-order valence-corrected chi connectivity index (χ2v) is 8.52. The van der Waals surface area contributed by atoms with Crippen LogP contribution in [0.2, 0.25) is 5.02 Å². The Balaban J connectivity index is 2.25. The molecule has 31 heavy (non-hydrogen) atoms. The Kier molecular flexibility index (Phi) is 7.41. The standard InChI is InChI=1S/C18H19ClFN5O5S/c1-31(28,29)25-13-5-11(4-12(19)16(13)20)18(27)24-7-10-3-2-9(17(22)23)6-14(10)30-8-15(21)26/h2-6,25H,7-8H2,1H3,(H2,21,26)(H3,22,23)(H,24,27). The molecule has 2 rings (SSSR count). The maximum Gasteiger partial charge on any atom is 0.255 e. The number of carbonyl (C=O) groups excluding carboxylic acids is 2. The Morgan fingerprint density at radius 2 is 1.87 bits per heavy atom. The number of hydrogen-bond donors (Lipinski definition) is 5. The van der Waals surface area contributed by atoms with E-state index >= 15 is 0 Å². The van der Waals surface area contributed by atoms with Crippen molar-refractivity contribution in [2.24, 2.45) is 11.5 Å². The second kappa shape index (κ2) is 9.62. The maximum absolute atomic E-state index is 14.1. The molecule has 2 aromatic rings. The number of amides is 2. The lowest BCUT2D eigenvalue weighted by molar-refractivity contribution is -0.119. The van der Waals surface area contributed by atoms with Crippen LogP contribution in [0.4, 0.5) is 10.1 Å². The van der Waals surface area contributed by atoms with Crippen LogP contribution in [-0.2, 0) is 21.4 Å². The Morgan fingerprint density at radius 3 is 2.45 bits per heavy atom. The Bertz CT molecular complexity index is 1160. The third-order valence-electron chi connectivity index (χ3n) is 3.77. The van der Waals surface area contributed by atoms with Crippen LogP contribution in [-0.4, -0.2) is 38.9 Å². The predicted molar refractivity (Wildman–Crippen MR) is 113 cm³/mol. The number of primary amides is 1. The summed E-state index contributed by atoms with van der Waals surface area (Å²) in [5, 5.41) is 9.59. The Morgan fingerprint density at radius 1 is 1.19 bits per heavy atom. The summed E-state index contributed by atoms with van der Waals surface area (Å²) in [6, 6.07) is 6.51. The van der Waals surface area contributed by atoms with E-state index in [1.165, 1.54) is 18.2 Å². The third kappa shape index (κ3) is 6.83. The summed E-state index contributed by atoms with van der Waals surface area (Å²) in [5.74, 6) is -2.50. The number of benzene rings is 2. The highest BCUT2D eigenvalue weighted by Crippen LogP contribution is 2.26. The highest BCUT2D eigenvalue weighted by Gasteiger charge is 2.17. The molecule has 0 bridgehead atoms. The molecule has 0 aliphatic carbocycles. The van der Waals surface area contributed by atoms with Gasteiger partial charge in [0.05, 0.1) is 17.0 Å². The molecule has 0 aliphatic rings. The van der Waals surface area contributed by atoms with Gasteiger partial charge in [-0.05, 0) is 18.2 Å². The molecular formula is C18H19ClFN5O5S. The molecule has 0 heterocycles. The average Bonchev–Trinajstić information content (AvgIpc) is 2.66. The van der Waals surface area contributed by atoms with Crippen molar-refractivity contribution < 1.29 is 27.1 Å². The molecule has 0 spiro atoms. The van der Waals surface area contributed by atoms with Crippen molar-refractivity contribution in [2.45, 2.75) is 6.54 Å². The normalized spacial score (nSPS) is 10.9. The number of anilines is 1. The molecule has 0 saturated heterocycles. The third-order valence-corrected chi connectivity index (χ3v) is 4.64. The maximum atomic E-state index is 14.1. The number of halogens is 2. The van der Waals surface area contributed by atoms with Crippen molar-refractivity contribution >= 4 is 45.0 Å². The van der Waals surface area contributed by atoms with E-state index in [0.29, 0.717) is 11.1 Å². The number of sulfonamides is 1. The molecule has 0 radical (unpaired) electrons. The van der Waals surface area contributed by atoms with Gasteiger partial charge in [0, 0.05) is 23.2 Å². The van der Waals surface area contributed by atoms with Gasteiger partial charge in [-0.25, -0.2) is 12.8 Å². The molecule has 2 aromatic carbocycles. The lowest BCUT2D eigenvalue weighted by Crippen LogP contribution is -2.25. The highest BCUT2D eigenvalue weighted by molar-refractivity contribution is 7.92. The number of hydrogen-bond acceptors (Lipinski definition) is 6. The molecule has 10 nitrogen and oxygen atoms in total. The van der Waals surface area contributed by atoms with E-state index < -0.39 is 45.0 Å². The first kappa shape index (κ1) is 23.9. The molecule has 0 aliphatic heterocycles. The number of amidine groups is 1. The second-order valence-electron chi connectivity index (χ2n) is 6.37. The topological polar surface area (TPSA) is 177 Å². The summed E-state index contributed by atoms with van der Waals surface area (Å²) in [6.45, 7) is -0.522. The van der Waals surface area contributed by atoms with Gasteiger partial charge in [-0.3, -0.25) is 19.7 Å². The summed E-state index contributed by atoms with van der Waals surface area (Å²) in [5.41, 5.74) is 10.7. The van der Waals surface area contributed by atoms with Gasteiger partial charge in [0.2, 0.25) is 10.0 Å². The Hall–Kier alpha value is -3.38. The van der Waals surface area contributed by atoms with E-state index in [-0.39, 0.29) is 23.7 Å². The molecule has 7 N–H and O–H groups in total. The SMILES string of the molecule is CS(=O)(=O)Nc1cc(C(=O)NCc2ccc(C(=N)N)cc2OCC(N)=O)cc(Cl)c1F. The number of nitrogen functional groups attached to an aromatic ring is 1. The van der Waals surface area contributed by atoms with Crippen LogP contribution in [0.1, 0.15) is 21.5 Å². The summed E-state index contributed by atoms with van der Waals surface area (Å²) in [7, 11) is -3.81. The molecule has 13 heteroatoms. The van der Waals surface area contributed by atoms with Crippen molar-refractivity contribution in [2.75, 3.05) is 17.6 Å². The lowest BCUT2D eigenvalue weighted by atomic mass is 10.1. The van der Waals surface area contributed by atoms with Crippen molar-refractivity contribution in [3.8, 4) is 5.75 Å².